The molecule has 0 radical (unpaired) electrons. The van der Waals surface area contributed by atoms with E-state index in [0.29, 0.717) is 12.6 Å². The van der Waals surface area contributed by atoms with Crippen molar-refractivity contribution in [3.63, 3.8) is 0 Å². The quantitative estimate of drug-likeness (QED) is 0.694. The van der Waals surface area contributed by atoms with Gasteiger partial charge in [0.2, 0.25) is 0 Å². The second kappa shape index (κ2) is 11.2. The second-order valence-corrected chi connectivity index (χ2v) is 9.47. The van der Waals surface area contributed by atoms with Gasteiger partial charge in [0.15, 0.2) is 0 Å². The molecule has 182 valence electrons. The number of nitrogens with one attached hydrogen (secondary N) is 1. The average molecular weight is 463 g/mol. The van der Waals surface area contributed by atoms with Gasteiger partial charge >= 0.3 is 0 Å². The summed E-state index contributed by atoms with van der Waals surface area (Å²) in [5.74, 6) is -0.0215. The summed E-state index contributed by atoms with van der Waals surface area (Å²) in [5.41, 5.74) is 7.38. The molecule has 2 aromatic rings. The number of carbonyl (C=O) groups excluding carboxylic acids is 1. The zero-order valence-electron chi connectivity index (χ0n) is 21.1. The van der Waals surface area contributed by atoms with E-state index in [2.05, 4.69) is 58.4 Å². The third kappa shape index (κ3) is 5.50. The largest absolute Gasteiger partial charge is 0.381 e. The van der Waals surface area contributed by atoms with E-state index in [1.54, 1.807) is 0 Å². The molecule has 0 spiro atoms. The number of hydrogen-bond acceptors (Lipinski definition) is 5. The van der Waals surface area contributed by atoms with Gasteiger partial charge in [-0.2, -0.15) is 0 Å². The molecule has 0 saturated carbocycles. The summed E-state index contributed by atoms with van der Waals surface area (Å²) in [6.45, 7) is 10.9. The molecule has 3 heterocycles. The number of rotatable bonds is 3. The molecule has 1 amide bonds. The Morgan fingerprint density at radius 1 is 1.18 bits per heavy atom. The number of nitrogens with zero attached hydrogens (tertiary/aromatic N) is 3. The van der Waals surface area contributed by atoms with Crippen LogP contribution in [0.2, 0.25) is 0 Å². The van der Waals surface area contributed by atoms with Crippen molar-refractivity contribution in [1.82, 2.24) is 15.2 Å². The Kier molecular flexibility index (Phi) is 8.01. The zero-order valence-corrected chi connectivity index (χ0v) is 21.1. The van der Waals surface area contributed by atoms with Gasteiger partial charge in [0.05, 0.1) is 0 Å². The summed E-state index contributed by atoms with van der Waals surface area (Å²) < 4.78 is 5.61. The lowest BCUT2D eigenvalue weighted by Gasteiger charge is -2.37. The highest BCUT2D eigenvalue weighted by atomic mass is 16.5. The number of carbonyl (C=O) groups is 1. The maximum Gasteiger partial charge on any atom is 0.251 e. The molecule has 6 nitrogen and oxygen atoms in total. The molecule has 6 heteroatoms. The van der Waals surface area contributed by atoms with Crippen molar-refractivity contribution in [2.75, 3.05) is 38.3 Å². The Morgan fingerprint density at radius 3 is 2.74 bits per heavy atom. The molecule has 0 aliphatic carbocycles. The Balaban J connectivity index is 1.72. The van der Waals surface area contributed by atoms with Crippen LogP contribution in [0.25, 0.3) is 0 Å². The smallest absolute Gasteiger partial charge is 0.251 e. The monoisotopic (exact) mass is 462 g/mol. The van der Waals surface area contributed by atoms with Crippen LogP contribution in [-0.2, 0) is 24.2 Å². The molecule has 2 aliphatic heterocycles. The first-order chi connectivity index (χ1) is 16.5. The van der Waals surface area contributed by atoms with Crippen LogP contribution in [0.5, 0.6) is 0 Å². The molecular weight excluding hydrogens is 424 g/mol. The average Bonchev–Trinajstić information content (AvgIpc) is 2.83. The van der Waals surface area contributed by atoms with Gasteiger partial charge in [-0.1, -0.05) is 18.2 Å². The number of likely N-dealkylation sites (N-methyl/N-ethyl adjacent to an activating group) is 1. The molecule has 0 bridgehead atoms. The predicted octanol–water partition coefficient (Wildman–Crippen LogP) is 4.18. The Hall–Kier alpha value is -2.70. The molecule has 1 aromatic carbocycles. The molecule has 1 aromatic heterocycles. The highest BCUT2D eigenvalue weighted by molar-refractivity contribution is 5.97. The zero-order chi connectivity index (χ0) is 24.1. The number of amides is 1. The van der Waals surface area contributed by atoms with Gasteiger partial charge in [-0.3, -0.25) is 14.7 Å². The number of aryl methyl sites for hydroxylation is 2. The molecule has 4 rings (SSSR count). The molecule has 0 atom stereocenters. The third-order valence-electron chi connectivity index (χ3n) is 7.00. The van der Waals surface area contributed by atoms with Crippen LogP contribution in [0.1, 0.15) is 58.2 Å². The number of anilines is 1. The lowest BCUT2D eigenvalue weighted by molar-refractivity contribution is 0.0845. The number of aromatic nitrogens is 1. The minimum Gasteiger partial charge on any atom is -0.381 e. The fourth-order valence-corrected chi connectivity index (χ4v) is 5.29. The van der Waals surface area contributed by atoms with E-state index in [1.807, 2.05) is 26.0 Å². The van der Waals surface area contributed by atoms with Crippen LogP contribution in [-0.4, -0.2) is 55.2 Å². The molecule has 1 fully saturated rings. The van der Waals surface area contributed by atoms with Gasteiger partial charge in [0, 0.05) is 68.1 Å². The van der Waals surface area contributed by atoms with Crippen LogP contribution in [0.3, 0.4) is 0 Å². The first kappa shape index (κ1) is 24.4. The molecular formula is C28H38N4O2. The number of allylic oxidation sites excluding steroid dienone is 1. The summed E-state index contributed by atoms with van der Waals surface area (Å²) in [7, 11) is 2.14. The van der Waals surface area contributed by atoms with Crippen LogP contribution < -0.4 is 10.2 Å². The van der Waals surface area contributed by atoms with Gasteiger partial charge in [0.25, 0.3) is 5.91 Å². The van der Waals surface area contributed by atoms with Gasteiger partial charge in [0.1, 0.15) is 0 Å². The van der Waals surface area contributed by atoms with E-state index in [0.717, 1.165) is 80.2 Å². The van der Waals surface area contributed by atoms with E-state index in [-0.39, 0.29) is 5.91 Å². The Bertz CT molecular complexity index is 1040. The number of benzene rings is 1. The highest BCUT2D eigenvalue weighted by Crippen LogP contribution is 2.30. The number of fused-ring (bicyclic) bond motifs is 2. The van der Waals surface area contributed by atoms with Crippen molar-refractivity contribution in [3.8, 4) is 0 Å². The summed E-state index contributed by atoms with van der Waals surface area (Å²) >= 11 is 0. The SMILES string of the molecule is CCN(c1cccc2c1C/C=C/CN(C)Cc1cc(C)nc(C)c1CNC2=O)C1CCOCC1. The maximum absolute atomic E-state index is 13.5. The van der Waals surface area contributed by atoms with Gasteiger partial charge in [-0.05, 0) is 82.0 Å². The number of pyridine rings is 1. The Morgan fingerprint density at radius 2 is 1.97 bits per heavy atom. The summed E-state index contributed by atoms with van der Waals surface area (Å²) in [6.07, 6.45) is 7.21. The normalized spacial score (nSPS) is 19.1. The van der Waals surface area contributed by atoms with Crippen LogP contribution >= 0.6 is 0 Å². The van der Waals surface area contributed by atoms with Crippen LogP contribution in [0, 0.1) is 13.8 Å². The van der Waals surface area contributed by atoms with Crippen molar-refractivity contribution in [3.05, 3.63) is 70.1 Å². The van der Waals surface area contributed by atoms with Crippen LogP contribution in [0.15, 0.2) is 36.4 Å². The van der Waals surface area contributed by atoms with Crippen LogP contribution in [0.4, 0.5) is 5.69 Å². The standard InChI is InChI=1S/C28H38N4O2/c1-5-32(23-12-15-34-16-13-23)27-11-8-10-25-24(27)9-6-7-14-31(4)19-22-17-20(2)30-21(3)26(22)18-29-28(25)33/h6-8,10-11,17,23H,5,9,12-16,18-19H2,1-4H3,(H,29,33)/b7-6+. The summed E-state index contributed by atoms with van der Waals surface area (Å²) in [4.78, 5) is 22.9. The van der Waals surface area contributed by atoms with Crippen molar-refractivity contribution in [2.45, 2.75) is 59.2 Å². The fourth-order valence-electron chi connectivity index (χ4n) is 5.29. The minimum atomic E-state index is -0.0215. The predicted molar refractivity (Wildman–Crippen MR) is 137 cm³/mol. The lowest BCUT2D eigenvalue weighted by atomic mass is 9.97. The van der Waals surface area contributed by atoms with E-state index in [9.17, 15) is 4.79 Å². The summed E-state index contributed by atoms with van der Waals surface area (Å²) in [6, 6.07) is 8.75. The molecule has 1 N–H and O–H groups in total. The highest BCUT2D eigenvalue weighted by Gasteiger charge is 2.25. The second-order valence-electron chi connectivity index (χ2n) is 9.47. The summed E-state index contributed by atoms with van der Waals surface area (Å²) in [5, 5.41) is 3.21. The lowest BCUT2D eigenvalue weighted by Crippen LogP contribution is -2.40. The van der Waals surface area contributed by atoms with E-state index >= 15 is 0 Å². The fraction of sp³-hybridized carbons (Fsp3) is 0.500. The van der Waals surface area contributed by atoms with Gasteiger partial charge < -0.3 is 15.0 Å². The topological polar surface area (TPSA) is 57.7 Å². The van der Waals surface area contributed by atoms with Crippen molar-refractivity contribution in [1.29, 1.82) is 0 Å². The van der Waals surface area contributed by atoms with Crippen molar-refractivity contribution < 1.29 is 9.53 Å². The third-order valence-corrected chi connectivity index (χ3v) is 7.00. The minimum absolute atomic E-state index is 0.0215. The molecule has 2 aliphatic rings. The molecule has 1 saturated heterocycles. The Labute approximate surface area is 204 Å². The maximum atomic E-state index is 13.5. The van der Waals surface area contributed by atoms with E-state index < -0.39 is 0 Å². The van der Waals surface area contributed by atoms with Gasteiger partial charge in [-0.15, -0.1) is 0 Å². The number of hydrogen-bond donors (Lipinski definition) is 1. The molecule has 34 heavy (non-hydrogen) atoms. The van der Waals surface area contributed by atoms with E-state index in [4.69, 9.17) is 4.74 Å². The van der Waals surface area contributed by atoms with Gasteiger partial charge in [-0.25, -0.2) is 0 Å². The van der Waals surface area contributed by atoms with Crippen molar-refractivity contribution in [2.24, 2.45) is 0 Å². The molecule has 0 unspecified atom stereocenters. The number of ether oxygens (including phenoxy) is 1. The van der Waals surface area contributed by atoms with Crippen molar-refractivity contribution >= 4 is 11.6 Å². The first-order valence-electron chi connectivity index (χ1n) is 12.5. The van der Waals surface area contributed by atoms with E-state index in [1.165, 1.54) is 11.3 Å². The first-order valence-corrected chi connectivity index (χ1v) is 12.5.